The molecule has 0 saturated carbocycles. The maximum Gasteiger partial charge on any atom is 0.255 e. The second-order valence-electron chi connectivity index (χ2n) is 5.52. The van der Waals surface area contributed by atoms with E-state index >= 15 is 0 Å². The molecule has 0 saturated heterocycles. The second-order valence-corrected chi connectivity index (χ2v) is 5.52. The molecule has 0 aromatic heterocycles. The third kappa shape index (κ3) is 2.95. The largest absolute Gasteiger partial charge is 0.348 e. The van der Waals surface area contributed by atoms with E-state index in [0.29, 0.717) is 23.4 Å². The number of halogens is 1. The third-order valence-corrected chi connectivity index (χ3v) is 3.94. The number of amides is 2. The first-order chi connectivity index (χ1) is 11.1. The molecule has 4 nitrogen and oxygen atoms in total. The van der Waals surface area contributed by atoms with Gasteiger partial charge in [-0.15, -0.1) is 0 Å². The maximum atomic E-state index is 12.9. The summed E-state index contributed by atoms with van der Waals surface area (Å²) >= 11 is 0. The van der Waals surface area contributed by atoms with Crippen LogP contribution in [-0.2, 0) is 13.0 Å². The van der Waals surface area contributed by atoms with Crippen LogP contribution in [0.25, 0.3) is 0 Å². The minimum Gasteiger partial charge on any atom is -0.348 e. The predicted octanol–water partition coefficient (Wildman–Crippen LogP) is 3.27. The Balaban J connectivity index is 1.92. The highest BCUT2D eigenvalue weighted by Crippen LogP contribution is 2.29. The zero-order chi connectivity index (χ0) is 16.4. The van der Waals surface area contributed by atoms with Gasteiger partial charge in [0.1, 0.15) is 5.82 Å². The van der Waals surface area contributed by atoms with E-state index in [0.717, 1.165) is 24.0 Å². The van der Waals surface area contributed by atoms with Crippen LogP contribution in [0.1, 0.15) is 45.2 Å². The smallest absolute Gasteiger partial charge is 0.255 e. The molecule has 1 heterocycles. The fourth-order valence-corrected chi connectivity index (χ4v) is 2.81. The number of hydrogen-bond acceptors (Lipinski definition) is 2. The van der Waals surface area contributed by atoms with E-state index in [2.05, 4.69) is 17.6 Å². The van der Waals surface area contributed by atoms with Gasteiger partial charge < -0.3 is 10.6 Å². The van der Waals surface area contributed by atoms with Crippen LogP contribution in [-0.4, -0.2) is 11.8 Å². The minimum atomic E-state index is -0.397. The van der Waals surface area contributed by atoms with Gasteiger partial charge in [0.05, 0.1) is 11.3 Å². The van der Waals surface area contributed by atoms with Gasteiger partial charge >= 0.3 is 0 Å². The number of nitrogens with one attached hydrogen (secondary N) is 2. The van der Waals surface area contributed by atoms with Crippen molar-refractivity contribution >= 4 is 17.5 Å². The van der Waals surface area contributed by atoms with Gasteiger partial charge in [-0.1, -0.05) is 19.4 Å². The fourth-order valence-electron chi connectivity index (χ4n) is 2.81. The summed E-state index contributed by atoms with van der Waals surface area (Å²) in [5.74, 6) is -0.937. The van der Waals surface area contributed by atoms with E-state index in [4.69, 9.17) is 0 Å². The Labute approximate surface area is 133 Å². The molecular formula is C18H17FN2O2. The molecule has 0 spiro atoms. The van der Waals surface area contributed by atoms with Gasteiger partial charge in [0, 0.05) is 12.1 Å². The Hall–Kier alpha value is -2.69. The highest BCUT2D eigenvalue weighted by Gasteiger charge is 2.26. The summed E-state index contributed by atoms with van der Waals surface area (Å²) in [6, 6.07) is 9.00. The number of benzene rings is 2. The molecule has 0 fully saturated rings. The third-order valence-electron chi connectivity index (χ3n) is 3.94. The lowest BCUT2D eigenvalue weighted by Crippen LogP contribution is -2.17. The molecule has 23 heavy (non-hydrogen) atoms. The standard InChI is InChI=1S/C18H17FN2O2/c1-2-3-11-6-9-15(16-14(11)10-20-18(16)23)21-17(22)12-4-7-13(19)8-5-12/h4-9H,2-3,10H2,1H3,(H,20,23)(H,21,22). The number of aryl methyl sites for hydroxylation is 1. The van der Waals surface area contributed by atoms with Crippen LogP contribution in [0.5, 0.6) is 0 Å². The Kier molecular flexibility index (Phi) is 4.10. The zero-order valence-corrected chi connectivity index (χ0v) is 12.8. The lowest BCUT2D eigenvalue weighted by molar-refractivity contribution is 0.0966. The lowest BCUT2D eigenvalue weighted by atomic mass is 9.98. The predicted molar refractivity (Wildman–Crippen MR) is 86.0 cm³/mol. The van der Waals surface area contributed by atoms with E-state index in [9.17, 15) is 14.0 Å². The molecule has 5 heteroatoms. The molecule has 2 aromatic rings. The van der Waals surface area contributed by atoms with Crippen molar-refractivity contribution in [2.45, 2.75) is 26.3 Å². The molecule has 2 aromatic carbocycles. The van der Waals surface area contributed by atoms with Crippen molar-refractivity contribution in [1.82, 2.24) is 5.32 Å². The highest BCUT2D eigenvalue weighted by atomic mass is 19.1. The Bertz CT molecular complexity index is 769. The number of carbonyl (C=O) groups excluding carboxylic acids is 2. The van der Waals surface area contributed by atoms with Crippen LogP contribution in [0, 0.1) is 5.82 Å². The zero-order valence-electron chi connectivity index (χ0n) is 12.8. The molecule has 118 valence electrons. The molecule has 0 bridgehead atoms. The lowest BCUT2D eigenvalue weighted by Gasteiger charge is -2.12. The summed E-state index contributed by atoms with van der Waals surface area (Å²) < 4.78 is 12.9. The molecule has 0 radical (unpaired) electrons. The fraction of sp³-hybridized carbons (Fsp3) is 0.222. The number of rotatable bonds is 4. The van der Waals surface area contributed by atoms with Crippen LogP contribution in [0.2, 0.25) is 0 Å². The molecular weight excluding hydrogens is 295 g/mol. The number of carbonyl (C=O) groups is 2. The van der Waals surface area contributed by atoms with Crippen molar-refractivity contribution in [1.29, 1.82) is 0 Å². The summed E-state index contributed by atoms with van der Waals surface area (Å²) in [5.41, 5.74) is 3.45. The Morgan fingerprint density at radius 2 is 1.96 bits per heavy atom. The first kappa shape index (κ1) is 15.2. The molecule has 1 aliphatic rings. The van der Waals surface area contributed by atoms with E-state index in [-0.39, 0.29) is 11.8 Å². The van der Waals surface area contributed by atoms with Crippen molar-refractivity contribution < 1.29 is 14.0 Å². The van der Waals surface area contributed by atoms with Crippen LogP contribution < -0.4 is 10.6 Å². The van der Waals surface area contributed by atoms with Crippen molar-refractivity contribution in [3.05, 3.63) is 64.5 Å². The van der Waals surface area contributed by atoms with Crippen LogP contribution in [0.4, 0.5) is 10.1 Å². The molecule has 0 aliphatic carbocycles. The monoisotopic (exact) mass is 312 g/mol. The van der Waals surface area contributed by atoms with Gasteiger partial charge in [0.15, 0.2) is 0 Å². The van der Waals surface area contributed by atoms with Crippen LogP contribution >= 0.6 is 0 Å². The average molecular weight is 312 g/mol. The average Bonchev–Trinajstić information content (AvgIpc) is 2.93. The molecule has 1 aliphatic heterocycles. The van der Waals surface area contributed by atoms with Gasteiger partial charge in [0.2, 0.25) is 0 Å². The quantitative estimate of drug-likeness (QED) is 0.910. The summed E-state index contributed by atoms with van der Waals surface area (Å²) in [4.78, 5) is 24.4. The van der Waals surface area contributed by atoms with E-state index in [1.807, 2.05) is 6.07 Å². The molecule has 2 amide bonds. The van der Waals surface area contributed by atoms with E-state index < -0.39 is 5.82 Å². The molecule has 2 N–H and O–H groups in total. The van der Waals surface area contributed by atoms with Crippen LogP contribution in [0.15, 0.2) is 36.4 Å². The number of hydrogen-bond donors (Lipinski definition) is 2. The normalized spacial score (nSPS) is 12.7. The number of anilines is 1. The molecule has 0 unspecified atom stereocenters. The minimum absolute atomic E-state index is 0.174. The van der Waals surface area contributed by atoms with E-state index in [1.54, 1.807) is 6.07 Å². The first-order valence-corrected chi connectivity index (χ1v) is 7.60. The van der Waals surface area contributed by atoms with Gasteiger partial charge in [0.25, 0.3) is 11.8 Å². The van der Waals surface area contributed by atoms with E-state index in [1.165, 1.54) is 24.3 Å². The number of fused-ring (bicyclic) bond motifs is 1. The topological polar surface area (TPSA) is 58.2 Å². The highest BCUT2D eigenvalue weighted by molar-refractivity contribution is 6.10. The Morgan fingerprint density at radius 3 is 2.65 bits per heavy atom. The summed E-state index contributed by atoms with van der Waals surface area (Å²) in [6.07, 6.45) is 1.88. The van der Waals surface area contributed by atoms with Gasteiger partial charge in [-0.2, -0.15) is 0 Å². The SMILES string of the molecule is CCCc1ccc(NC(=O)c2ccc(F)cc2)c2c1CNC2=O. The summed E-state index contributed by atoms with van der Waals surface area (Å²) in [7, 11) is 0. The Morgan fingerprint density at radius 1 is 1.22 bits per heavy atom. The van der Waals surface area contributed by atoms with Gasteiger partial charge in [-0.25, -0.2) is 4.39 Å². The molecule has 3 rings (SSSR count). The molecule has 0 atom stereocenters. The van der Waals surface area contributed by atoms with Crippen molar-refractivity contribution in [3.63, 3.8) is 0 Å². The van der Waals surface area contributed by atoms with Crippen molar-refractivity contribution in [3.8, 4) is 0 Å². The van der Waals surface area contributed by atoms with Gasteiger partial charge in [-0.3, -0.25) is 9.59 Å². The van der Waals surface area contributed by atoms with Crippen molar-refractivity contribution in [2.75, 3.05) is 5.32 Å². The van der Waals surface area contributed by atoms with Crippen LogP contribution in [0.3, 0.4) is 0 Å². The maximum absolute atomic E-state index is 12.9. The summed E-state index contributed by atoms with van der Waals surface area (Å²) in [6.45, 7) is 2.57. The summed E-state index contributed by atoms with van der Waals surface area (Å²) in [5, 5.41) is 5.56. The van der Waals surface area contributed by atoms with Gasteiger partial charge in [-0.05, 0) is 47.9 Å². The van der Waals surface area contributed by atoms with Crippen molar-refractivity contribution in [2.24, 2.45) is 0 Å². The first-order valence-electron chi connectivity index (χ1n) is 7.60. The second kappa shape index (κ2) is 6.20.